The first-order chi connectivity index (χ1) is 11.1. The fourth-order valence-corrected chi connectivity index (χ4v) is 3.48. The van der Waals surface area contributed by atoms with E-state index >= 15 is 0 Å². The van der Waals surface area contributed by atoms with E-state index in [9.17, 15) is 4.79 Å². The molecule has 2 aromatic rings. The van der Waals surface area contributed by atoms with Gasteiger partial charge in [0.25, 0.3) is 0 Å². The van der Waals surface area contributed by atoms with E-state index in [1.165, 1.54) is 24.4 Å². The zero-order valence-corrected chi connectivity index (χ0v) is 14.0. The maximum atomic E-state index is 12.0. The largest absolute Gasteiger partial charge is 0.349 e. The van der Waals surface area contributed by atoms with Crippen LogP contribution < -0.4 is 5.32 Å². The zero-order valence-electron chi connectivity index (χ0n) is 13.2. The van der Waals surface area contributed by atoms with Crippen LogP contribution in [0.4, 0.5) is 0 Å². The van der Waals surface area contributed by atoms with E-state index in [-0.39, 0.29) is 11.9 Å². The van der Waals surface area contributed by atoms with Crippen LogP contribution >= 0.6 is 11.5 Å². The monoisotopic (exact) mass is 333 g/mol. The van der Waals surface area contributed by atoms with Crippen LogP contribution in [-0.4, -0.2) is 55.6 Å². The van der Waals surface area contributed by atoms with Gasteiger partial charge >= 0.3 is 0 Å². The lowest BCUT2D eigenvalue weighted by atomic mass is 10.1. The molecule has 23 heavy (non-hydrogen) atoms. The first-order valence-corrected chi connectivity index (χ1v) is 8.61. The Hall–Kier alpha value is -1.87. The highest BCUT2D eigenvalue weighted by atomic mass is 32.1. The normalized spacial score (nSPS) is 20.3. The Labute approximate surface area is 138 Å². The molecular weight excluding hydrogens is 314 g/mol. The molecule has 8 nitrogen and oxygen atoms in total. The second-order valence-corrected chi connectivity index (χ2v) is 7.02. The third-order valence-corrected chi connectivity index (χ3v) is 5.00. The fourth-order valence-electron chi connectivity index (χ4n) is 2.75. The van der Waals surface area contributed by atoms with Gasteiger partial charge in [-0.3, -0.25) is 4.79 Å². The number of carbonyl (C=O) groups excluding carboxylic acids is 1. The second kappa shape index (κ2) is 5.64. The molecule has 122 valence electrons. The Morgan fingerprint density at radius 2 is 2.22 bits per heavy atom. The van der Waals surface area contributed by atoms with E-state index in [1.54, 1.807) is 19.0 Å². The van der Waals surface area contributed by atoms with Crippen molar-refractivity contribution in [3.63, 3.8) is 0 Å². The van der Waals surface area contributed by atoms with Gasteiger partial charge in [0.1, 0.15) is 5.82 Å². The van der Waals surface area contributed by atoms with Crippen molar-refractivity contribution in [1.82, 2.24) is 34.3 Å². The minimum Gasteiger partial charge on any atom is -0.349 e. The van der Waals surface area contributed by atoms with E-state index in [4.69, 9.17) is 0 Å². The topological polar surface area (TPSA) is 88.8 Å². The Morgan fingerprint density at radius 3 is 2.96 bits per heavy atom. The molecule has 4 rings (SSSR count). The van der Waals surface area contributed by atoms with Crippen molar-refractivity contribution in [2.24, 2.45) is 0 Å². The Bertz CT molecular complexity index is 733. The van der Waals surface area contributed by atoms with Crippen molar-refractivity contribution in [1.29, 1.82) is 0 Å². The van der Waals surface area contributed by atoms with Crippen LogP contribution in [0.3, 0.4) is 0 Å². The average Bonchev–Trinajstić information content (AvgIpc) is 3.10. The predicted molar refractivity (Wildman–Crippen MR) is 85.0 cm³/mol. The van der Waals surface area contributed by atoms with Gasteiger partial charge in [-0.05, 0) is 24.4 Å². The number of aromatic nitrogens is 5. The summed E-state index contributed by atoms with van der Waals surface area (Å²) in [5, 5.41) is 12.8. The lowest BCUT2D eigenvalue weighted by Crippen LogP contribution is -2.37. The second-order valence-electron chi connectivity index (χ2n) is 6.26. The van der Waals surface area contributed by atoms with Crippen molar-refractivity contribution in [3.05, 3.63) is 11.6 Å². The highest BCUT2D eigenvalue weighted by Crippen LogP contribution is 2.39. The molecule has 1 fully saturated rings. The maximum Gasteiger partial charge on any atom is 0.224 e. The SMILES string of the molecule is CN(C)C(=O)CC1NCCn2c(-c3nc(C4CC4)ns3)nnc21. The zero-order chi connectivity index (χ0) is 16.0. The molecule has 1 aliphatic carbocycles. The first kappa shape index (κ1) is 14.7. The highest BCUT2D eigenvalue weighted by molar-refractivity contribution is 7.09. The Morgan fingerprint density at radius 1 is 1.39 bits per heavy atom. The summed E-state index contributed by atoms with van der Waals surface area (Å²) < 4.78 is 6.52. The number of hydrogen-bond acceptors (Lipinski definition) is 7. The van der Waals surface area contributed by atoms with Crippen molar-refractivity contribution < 1.29 is 4.79 Å². The number of hydrogen-bond donors (Lipinski definition) is 1. The van der Waals surface area contributed by atoms with E-state index in [0.717, 1.165) is 35.6 Å². The Kier molecular flexibility index (Phi) is 3.61. The summed E-state index contributed by atoms with van der Waals surface area (Å²) in [6.07, 6.45) is 2.76. The third kappa shape index (κ3) is 2.74. The molecule has 0 bridgehead atoms. The van der Waals surface area contributed by atoms with Gasteiger partial charge in [0.05, 0.1) is 6.04 Å². The van der Waals surface area contributed by atoms with Gasteiger partial charge in [0.2, 0.25) is 5.91 Å². The summed E-state index contributed by atoms with van der Waals surface area (Å²) in [7, 11) is 3.53. The Balaban J connectivity index is 1.61. The molecule has 1 aliphatic heterocycles. The van der Waals surface area contributed by atoms with Crippen molar-refractivity contribution in [2.45, 2.75) is 37.8 Å². The number of fused-ring (bicyclic) bond motifs is 1. The number of nitrogens with zero attached hydrogens (tertiary/aromatic N) is 6. The van der Waals surface area contributed by atoms with Crippen molar-refractivity contribution in [2.75, 3.05) is 20.6 Å². The van der Waals surface area contributed by atoms with E-state index in [1.807, 2.05) is 0 Å². The fraction of sp³-hybridized carbons (Fsp3) is 0.643. The molecule has 0 radical (unpaired) electrons. The lowest BCUT2D eigenvalue weighted by molar-refractivity contribution is -0.129. The minimum absolute atomic E-state index is 0.0763. The number of amides is 1. The molecule has 1 amide bonds. The van der Waals surface area contributed by atoms with Crippen molar-refractivity contribution >= 4 is 17.4 Å². The van der Waals surface area contributed by atoms with Crippen LogP contribution in [0, 0.1) is 0 Å². The molecule has 0 aromatic carbocycles. The molecule has 1 unspecified atom stereocenters. The smallest absolute Gasteiger partial charge is 0.224 e. The number of rotatable bonds is 4. The molecule has 9 heteroatoms. The van der Waals surface area contributed by atoms with E-state index in [0.29, 0.717) is 12.3 Å². The summed E-state index contributed by atoms with van der Waals surface area (Å²) >= 11 is 1.39. The maximum absolute atomic E-state index is 12.0. The van der Waals surface area contributed by atoms with Crippen LogP contribution in [-0.2, 0) is 11.3 Å². The van der Waals surface area contributed by atoms with E-state index in [2.05, 4.69) is 29.4 Å². The van der Waals surface area contributed by atoms with Gasteiger partial charge < -0.3 is 14.8 Å². The van der Waals surface area contributed by atoms with Gasteiger partial charge in [-0.1, -0.05) is 0 Å². The molecule has 2 aromatic heterocycles. The van der Waals surface area contributed by atoms with Crippen LogP contribution in [0.5, 0.6) is 0 Å². The molecule has 1 atom stereocenters. The average molecular weight is 333 g/mol. The molecule has 0 spiro atoms. The summed E-state index contributed by atoms with van der Waals surface area (Å²) in [5.74, 6) is 3.14. The van der Waals surface area contributed by atoms with Crippen LogP contribution in [0.1, 0.15) is 42.9 Å². The summed E-state index contributed by atoms with van der Waals surface area (Å²) in [5.41, 5.74) is 0. The van der Waals surface area contributed by atoms with Crippen molar-refractivity contribution in [3.8, 4) is 10.8 Å². The van der Waals surface area contributed by atoms with Gasteiger partial charge in [0, 0.05) is 39.5 Å². The van der Waals surface area contributed by atoms with E-state index < -0.39 is 0 Å². The summed E-state index contributed by atoms with van der Waals surface area (Å²) in [6.45, 7) is 1.57. The minimum atomic E-state index is -0.101. The van der Waals surface area contributed by atoms with Crippen LogP contribution in [0.25, 0.3) is 10.8 Å². The molecular formula is C14H19N7OS. The highest BCUT2D eigenvalue weighted by Gasteiger charge is 2.31. The molecule has 3 heterocycles. The molecule has 1 N–H and O–H groups in total. The standard InChI is InChI=1S/C14H19N7OS/c1-20(2)10(22)7-9-12-17-18-13(21(12)6-5-15-9)14-16-11(19-23-14)8-3-4-8/h8-9,15H,3-7H2,1-2H3. The third-order valence-electron chi connectivity index (χ3n) is 4.27. The first-order valence-electron chi connectivity index (χ1n) is 7.84. The molecule has 0 saturated heterocycles. The van der Waals surface area contributed by atoms with Gasteiger partial charge in [-0.15, -0.1) is 10.2 Å². The quantitative estimate of drug-likeness (QED) is 0.890. The predicted octanol–water partition coefficient (Wildman–Crippen LogP) is 0.797. The molecule has 2 aliphatic rings. The summed E-state index contributed by atoms with van der Waals surface area (Å²) in [4.78, 5) is 18.2. The van der Waals surface area contributed by atoms with Gasteiger partial charge in [0.15, 0.2) is 16.7 Å². The van der Waals surface area contributed by atoms with Gasteiger partial charge in [-0.2, -0.15) is 4.37 Å². The lowest BCUT2D eigenvalue weighted by Gasteiger charge is -2.25. The van der Waals surface area contributed by atoms with Crippen LogP contribution in [0.15, 0.2) is 0 Å². The summed E-state index contributed by atoms with van der Waals surface area (Å²) in [6, 6.07) is -0.101. The van der Waals surface area contributed by atoms with Gasteiger partial charge in [-0.25, -0.2) is 4.98 Å². The molecule has 1 saturated carbocycles. The number of nitrogens with one attached hydrogen (secondary N) is 1. The van der Waals surface area contributed by atoms with Crippen LogP contribution in [0.2, 0.25) is 0 Å². The number of carbonyl (C=O) groups is 1.